The van der Waals surface area contributed by atoms with Crippen LogP contribution in [0.3, 0.4) is 0 Å². The summed E-state index contributed by atoms with van der Waals surface area (Å²) in [7, 11) is 0. The van der Waals surface area contributed by atoms with Crippen LogP contribution in [0, 0.1) is 11.7 Å². The Labute approximate surface area is 201 Å². The maximum Gasteiger partial charge on any atom is 0.254 e. The third-order valence-electron chi connectivity index (χ3n) is 6.97. The molecule has 4 aromatic rings. The van der Waals surface area contributed by atoms with Gasteiger partial charge in [0.1, 0.15) is 17.3 Å². The minimum atomic E-state index is -0.343. The highest BCUT2D eigenvalue weighted by molar-refractivity contribution is 6.06. The van der Waals surface area contributed by atoms with Crippen molar-refractivity contribution in [2.24, 2.45) is 5.92 Å². The van der Waals surface area contributed by atoms with Gasteiger partial charge in [0.25, 0.3) is 5.91 Å². The van der Waals surface area contributed by atoms with E-state index in [2.05, 4.69) is 25.5 Å². The molecule has 1 saturated heterocycles. The number of halogens is 1. The van der Waals surface area contributed by atoms with Gasteiger partial charge in [-0.25, -0.2) is 14.4 Å². The van der Waals surface area contributed by atoms with Crippen LogP contribution in [0.2, 0.25) is 0 Å². The van der Waals surface area contributed by atoms with Crippen LogP contribution in [-0.4, -0.2) is 45.1 Å². The van der Waals surface area contributed by atoms with Crippen molar-refractivity contribution >= 4 is 28.7 Å². The quantitative estimate of drug-likeness (QED) is 0.410. The SMILES string of the molecule is O=C1NCc2c(-c3cnc4cc(F)ccn34)ccc(Nc3ccc(N4CCC(CO)CC4)cn3)c21. The molecule has 178 valence electrons. The summed E-state index contributed by atoms with van der Waals surface area (Å²) in [5.41, 5.74) is 5.37. The number of aliphatic hydroxyl groups is 1. The number of benzene rings is 1. The standard InChI is InChI=1S/C26H25FN6O2/c27-17-7-10-33-22(14-29-24(33)11-17)19-2-3-21(25-20(19)13-30-26(25)35)31-23-4-1-18(12-28-23)32-8-5-16(15-34)6-9-32/h1-4,7,10-12,14,16,34H,5-6,8-9,13,15H2,(H,28,31)(H,30,35). The first-order valence-electron chi connectivity index (χ1n) is 11.8. The minimum absolute atomic E-state index is 0.146. The molecule has 0 aliphatic carbocycles. The number of aromatic nitrogens is 3. The maximum atomic E-state index is 13.6. The van der Waals surface area contributed by atoms with Crippen molar-refractivity contribution in [1.82, 2.24) is 19.7 Å². The van der Waals surface area contributed by atoms with Gasteiger partial charge < -0.3 is 20.6 Å². The normalized spacial score (nSPS) is 15.9. The van der Waals surface area contributed by atoms with Crippen molar-refractivity contribution in [3.05, 3.63) is 71.9 Å². The van der Waals surface area contributed by atoms with Crippen LogP contribution in [0.25, 0.3) is 16.9 Å². The molecule has 0 spiro atoms. The Hall–Kier alpha value is -3.98. The molecule has 5 heterocycles. The molecule has 0 bridgehead atoms. The molecule has 35 heavy (non-hydrogen) atoms. The number of hydrogen-bond donors (Lipinski definition) is 3. The molecule has 1 aromatic carbocycles. The molecule has 1 fully saturated rings. The lowest BCUT2D eigenvalue weighted by molar-refractivity contribution is 0.0966. The van der Waals surface area contributed by atoms with Crippen molar-refractivity contribution in [1.29, 1.82) is 0 Å². The molecule has 9 heteroatoms. The van der Waals surface area contributed by atoms with Crippen LogP contribution in [-0.2, 0) is 6.54 Å². The lowest BCUT2D eigenvalue weighted by atomic mass is 9.98. The average Bonchev–Trinajstić information content (AvgIpc) is 3.48. The number of imidazole rings is 1. The van der Waals surface area contributed by atoms with E-state index in [1.807, 2.05) is 34.9 Å². The first-order valence-corrected chi connectivity index (χ1v) is 11.8. The van der Waals surface area contributed by atoms with Crippen LogP contribution in [0.4, 0.5) is 21.6 Å². The molecule has 3 aromatic heterocycles. The number of nitrogens with zero attached hydrogens (tertiary/aromatic N) is 4. The van der Waals surface area contributed by atoms with Gasteiger partial charge in [-0.3, -0.25) is 9.20 Å². The number of nitrogens with one attached hydrogen (secondary N) is 2. The Morgan fingerprint density at radius 3 is 2.74 bits per heavy atom. The maximum absolute atomic E-state index is 13.6. The summed E-state index contributed by atoms with van der Waals surface area (Å²) in [4.78, 5) is 23.9. The molecule has 0 atom stereocenters. The summed E-state index contributed by atoms with van der Waals surface area (Å²) < 4.78 is 15.4. The van der Waals surface area contributed by atoms with E-state index in [-0.39, 0.29) is 18.3 Å². The number of rotatable bonds is 5. The van der Waals surface area contributed by atoms with E-state index >= 15 is 0 Å². The number of aliphatic hydroxyl groups excluding tert-OH is 1. The van der Waals surface area contributed by atoms with Crippen molar-refractivity contribution in [2.45, 2.75) is 19.4 Å². The number of pyridine rings is 2. The molecule has 2 aliphatic heterocycles. The van der Waals surface area contributed by atoms with Crippen LogP contribution < -0.4 is 15.5 Å². The predicted molar refractivity (Wildman–Crippen MR) is 131 cm³/mol. The van der Waals surface area contributed by atoms with Crippen molar-refractivity contribution < 1.29 is 14.3 Å². The number of carbonyl (C=O) groups excluding carboxylic acids is 1. The van der Waals surface area contributed by atoms with Crippen LogP contribution in [0.1, 0.15) is 28.8 Å². The number of anilines is 3. The van der Waals surface area contributed by atoms with E-state index in [0.717, 1.165) is 48.4 Å². The number of piperidine rings is 1. The van der Waals surface area contributed by atoms with Crippen LogP contribution in [0.15, 0.2) is 55.0 Å². The van der Waals surface area contributed by atoms with Gasteiger partial charge in [0.15, 0.2) is 0 Å². The van der Waals surface area contributed by atoms with E-state index in [1.165, 1.54) is 12.1 Å². The van der Waals surface area contributed by atoms with Crippen molar-refractivity contribution in [3.63, 3.8) is 0 Å². The lowest BCUT2D eigenvalue weighted by Crippen LogP contribution is -2.34. The molecular weight excluding hydrogens is 447 g/mol. The fourth-order valence-corrected chi connectivity index (χ4v) is 5.01. The van der Waals surface area contributed by atoms with Gasteiger partial charge in [-0.1, -0.05) is 6.07 Å². The van der Waals surface area contributed by atoms with E-state index in [0.29, 0.717) is 35.2 Å². The molecule has 0 radical (unpaired) electrons. The summed E-state index contributed by atoms with van der Waals surface area (Å²) in [5, 5.41) is 15.6. The number of fused-ring (bicyclic) bond motifs is 2. The van der Waals surface area contributed by atoms with E-state index < -0.39 is 0 Å². The molecule has 0 unspecified atom stereocenters. The van der Waals surface area contributed by atoms with Gasteiger partial charge in [0.2, 0.25) is 0 Å². The number of carbonyl (C=O) groups is 1. The first kappa shape index (κ1) is 21.5. The number of hydrogen-bond acceptors (Lipinski definition) is 6. The Morgan fingerprint density at radius 1 is 1.11 bits per heavy atom. The monoisotopic (exact) mass is 472 g/mol. The van der Waals surface area contributed by atoms with Crippen LogP contribution in [0.5, 0.6) is 0 Å². The van der Waals surface area contributed by atoms with Gasteiger partial charge in [0.05, 0.1) is 35.0 Å². The fourth-order valence-electron chi connectivity index (χ4n) is 5.01. The minimum Gasteiger partial charge on any atom is -0.396 e. The molecule has 1 amide bonds. The Balaban J connectivity index is 1.28. The highest BCUT2D eigenvalue weighted by Crippen LogP contribution is 2.35. The summed E-state index contributed by atoms with van der Waals surface area (Å²) in [6, 6.07) is 10.5. The van der Waals surface area contributed by atoms with E-state index in [9.17, 15) is 14.3 Å². The zero-order chi connectivity index (χ0) is 23.9. The van der Waals surface area contributed by atoms with Crippen molar-refractivity contribution in [3.8, 4) is 11.3 Å². The zero-order valence-electron chi connectivity index (χ0n) is 19.0. The third-order valence-corrected chi connectivity index (χ3v) is 6.97. The van der Waals surface area contributed by atoms with Gasteiger partial charge >= 0.3 is 0 Å². The molecule has 3 N–H and O–H groups in total. The molecule has 6 rings (SSSR count). The highest BCUT2D eigenvalue weighted by Gasteiger charge is 2.27. The number of amides is 1. The second kappa shape index (κ2) is 8.66. The summed E-state index contributed by atoms with van der Waals surface area (Å²) in [6.07, 6.45) is 7.14. The molecule has 8 nitrogen and oxygen atoms in total. The Bertz CT molecular complexity index is 1410. The highest BCUT2D eigenvalue weighted by atomic mass is 19.1. The summed E-state index contributed by atoms with van der Waals surface area (Å²) in [6.45, 7) is 2.47. The van der Waals surface area contributed by atoms with E-state index in [1.54, 1.807) is 12.4 Å². The van der Waals surface area contributed by atoms with Crippen LogP contribution >= 0.6 is 0 Å². The summed E-state index contributed by atoms with van der Waals surface area (Å²) >= 11 is 0. The average molecular weight is 473 g/mol. The second-order valence-corrected chi connectivity index (χ2v) is 9.05. The van der Waals surface area contributed by atoms with E-state index in [4.69, 9.17) is 0 Å². The Kier molecular flexibility index (Phi) is 5.33. The van der Waals surface area contributed by atoms with Gasteiger partial charge in [-0.15, -0.1) is 0 Å². The Morgan fingerprint density at radius 2 is 1.97 bits per heavy atom. The second-order valence-electron chi connectivity index (χ2n) is 9.05. The van der Waals surface area contributed by atoms with Gasteiger partial charge in [-0.2, -0.15) is 0 Å². The molecular formula is C26H25FN6O2. The third kappa shape index (κ3) is 3.87. The lowest BCUT2D eigenvalue weighted by Gasteiger charge is -2.32. The molecule has 0 saturated carbocycles. The topological polar surface area (TPSA) is 94.8 Å². The first-order chi connectivity index (χ1) is 17.1. The smallest absolute Gasteiger partial charge is 0.254 e. The van der Waals surface area contributed by atoms with Gasteiger partial charge in [-0.05, 0) is 48.6 Å². The molecule has 2 aliphatic rings. The fraction of sp³-hybridized carbons (Fsp3) is 0.269. The predicted octanol–water partition coefficient (Wildman–Crippen LogP) is 3.73. The largest absolute Gasteiger partial charge is 0.396 e. The zero-order valence-corrected chi connectivity index (χ0v) is 19.0. The van der Waals surface area contributed by atoms with Gasteiger partial charge in [0, 0.05) is 44.1 Å². The summed E-state index contributed by atoms with van der Waals surface area (Å²) in [5.74, 6) is 0.550. The van der Waals surface area contributed by atoms with Crippen molar-refractivity contribution in [2.75, 3.05) is 29.9 Å².